The zero-order chi connectivity index (χ0) is 18.5. The number of amides is 1. The predicted molar refractivity (Wildman–Crippen MR) is 98.3 cm³/mol. The standard InChI is InChI=1S/C17H21N3O5S/c1-23-7-3-5-18-15(21)4-2-6-20-16(22)11-8-13-14(25-10-24-13)9-12(11)19-17(20)26/h8-9H,2-7,10H2,1H3,(H,18,21)(H,19,26). The molecule has 0 fully saturated rings. The maximum atomic E-state index is 12.7. The molecular formula is C17H21N3O5S. The van der Waals surface area contributed by atoms with E-state index >= 15 is 0 Å². The summed E-state index contributed by atoms with van der Waals surface area (Å²) in [6.07, 6.45) is 1.62. The van der Waals surface area contributed by atoms with Gasteiger partial charge in [-0.25, -0.2) is 0 Å². The molecule has 0 spiro atoms. The molecule has 0 radical (unpaired) electrons. The van der Waals surface area contributed by atoms with E-state index in [1.165, 1.54) is 4.57 Å². The number of ether oxygens (including phenoxy) is 3. The van der Waals surface area contributed by atoms with Gasteiger partial charge in [0.25, 0.3) is 5.56 Å². The van der Waals surface area contributed by atoms with Crippen LogP contribution in [0.1, 0.15) is 19.3 Å². The number of benzene rings is 1. The number of hydrogen-bond acceptors (Lipinski definition) is 6. The Balaban J connectivity index is 1.67. The Labute approximate surface area is 155 Å². The Hall–Kier alpha value is -2.39. The largest absolute Gasteiger partial charge is 0.454 e. The van der Waals surface area contributed by atoms with E-state index in [2.05, 4.69) is 10.3 Å². The summed E-state index contributed by atoms with van der Waals surface area (Å²) in [7, 11) is 1.62. The number of aromatic amines is 1. The quantitative estimate of drug-likeness (QED) is 0.536. The number of rotatable bonds is 8. The zero-order valence-electron chi connectivity index (χ0n) is 14.5. The average Bonchev–Trinajstić information content (AvgIpc) is 3.07. The van der Waals surface area contributed by atoms with Crippen LogP contribution in [0.15, 0.2) is 16.9 Å². The van der Waals surface area contributed by atoms with Crippen molar-refractivity contribution in [3.05, 3.63) is 27.3 Å². The van der Waals surface area contributed by atoms with Gasteiger partial charge in [-0.15, -0.1) is 0 Å². The van der Waals surface area contributed by atoms with Crippen LogP contribution in [0.2, 0.25) is 0 Å². The van der Waals surface area contributed by atoms with E-state index in [0.717, 1.165) is 6.42 Å². The fourth-order valence-corrected chi connectivity index (χ4v) is 3.06. The molecule has 1 amide bonds. The fourth-order valence-electron chi connectivity index (χ4n) is 2.78. The maximum Gasteiger partial charge on any atom is 0.262 e. The van der Waals surface area contributed by atoms with Crippen molar-refractivity contribution in [3.63, 3.8) is 0 Å². The van der Waals surface area contributed by atoms with Crippen LogP contribution >= 0.6 is 12.2 Å². The van der Waals surface area contributed by atoms with Gasteiger partial charge in [-0.2, -0.15) is 0 Å². The first kappa shape index (κ1) is 18.4. The highest BCUT2D eigenvalue weighted by molar-refractivity contribution is 7.71. The molecule has 0 aliphatic carbocycles. The number of hydrogen-bond donors (Lipinski definition) is 2. The molecule has 0 unspecified atom stereocenters. The number of H-pyrrole nitrogens is 1. The minimum atomic E-state index is -0.206. The van der Waals surface area contributed by atoms with E-state index in [9.17, 15) is 9.59 Å². The molecule has 26 heavy (non-hydrogen) atoms. The van der Waals surface area contributed by atoms with Crippen LogP contribution in [0.25, 0.3) is 10.9 Å². The van der Waals surface area contributed by atoms with Crippen molar-refractivity contribution in [1.29, 1.82) is 0 Å². The first-order chi connectivity index (χ1) is 12.6. The third-order valence-electron chi connectivity index (χ3n) is 4.11. The molecule has 2 aromatic rings. The van der Waals surface area contributed by atoms with Crippen LogP contribution in [-0.2, 0) is 16.1 Å². The van der Waals surface area contributed by atoms with Crippen LogP contribution in [0, 0.1) is 4.77 Å². The molecule has 2 N–H and O–H groups in total. The number of fused-ring (bicyclic) bond motifs is 2. The van der Waals surface area contributed by atoms with Gasteiger partial charge in [-0.05, 0) is 31.1 Å². The lowest BCUT2D eigenvalue weighted by Gasteiger charge is -2.09. The minimum Gasteiger partial charge on any atom is -0.454 e. The third-order valence-corrected chi connectivity index (χ3v) is 4.43. The summed E-state index contributed by atoms with van der Waals surface area (Å²) in [5.41, 5.74) is 0.402. The van der Waals surface area contributed by atoms with Crippen LogP contribution in [-0.4, -0.2) is 42.5 Å². The summed E-state index contributed by atoms with van der Waals surface area (Å²) < 4.78 is 17.4. The van der Waals surface area contributed by atoms with E-state index in [1.54, 1.807) is 19.2 Å². The predicted octanol–water partition coefficient (Wildman–Crippen LogP) is 1.72. The molecule has 1 aromatic carbocycles. The lowest BCUT2D eigenvalue weighted by molar-refractivity contribution is -0.121. The van der Waals surface area contributed by atoms with Crippen LogP contribution in [0.3, 0.4) is 0 Å². The first-order valence-electron chi connectivity index (χ1n) is 8.42. The molecule has 0 saturated heterocycles. The highest BCUT2D eigenvalue weighted by Crippen LogP contribution is 2.34. The van der Waals surface area contributed by atoms with Crippen molar-refractivity contribution < 1.29 is 19.0 Å². The summed E-state index contributed by atoms with van der Waals surface area (Å²) >= 11 is 5.29. The Kier molecular flexibility index (Phi) is 5.89. The normalized spacial score (nSPS) is 12.5. The van der Waals surface area contributed by atoms with Crippen LogP contribution in [0.5, 0.6) is 11.5 Å². The molecule has 0 atom stereocenters. The second-order valence-corrected chi connectivity index (χ2v) is 6.32. The van der Waals surface area contributed by atoms with Gasteiger partial charge in [0.2, 0.25) is 12.7 Å². The smallest absolute Gasteiger partial charge is 0.262 e. The topological polar surface area (TPSA) is 94.6 Å². The van der Waals surface area contributed by atoms with Gasteiger partial charge in [0.05, 0.1) is 10.9 Å². The highest BCUT2D eigenvalue weighted by Gasteiger charge is 2.17. The summed E-state index contributed by atoms with van der Waals surface area (Å²) in [5, 5.41) is 3.30. The van der Waals surface area contributed by atoms with Gasteiger partial charge < -0.3 is 24.5 Å². The van der Waals surface area contributed by atoms with Gasteiger partial charge in [-0.1, -0.05) is 0 Å². The SMILES string of the molecule is COCCCNC(=O)CCCn1c(=S)[nH]c2cc3c(cc2c1=O)OCO3. The third kappa shape index (κ3) is 4.05. The van der Waals surface area contributed by atoms with E-state index in [1.807, 2.05) is 0 Å². The molecule has 1 aliphatic heterocycles. The first-order valence-corrected chi connectivity index (χ1v) is 8.83. The number of aromatic nitrogens is 2. The monoisotopic (exact) mass is 379 g/mol. The number of carbonyl (C=O) groups is 1. The molecule has 1 aromatic heterocycles. The van der Waals surface area contributed by atoms with E-state index < -0.39 is 0 Å². The maximum absolute atomic E-state index is 12.7. The minimum absolute atomic E-state index is 0.0480. The molecule has 0 bridgehead atoms. The van der Waals surface area contributed by atoms with Crippen molar-refractivity contribution in [2.45, 2.75) is 25.8 Å². The highest BCUT2D eigenvalue weighted by atomic mass is 32.1. The van der Waals surface area contributed by atoms with Gasteiger partial charge >= 0.3 is 0 Å². The molecular weight excluding hydrogens is 358 g/mol. The summed E-state index contributed by atoms with van der Waals surface area (Å²) in [4.78, 5) is 27.6. The molecule has 2 heterocycles. The summed E-state index contributed by atoms with van der Waals surface area (Å²) in [6.45, 7) is 1.69. The van der Waals surface area contributed by atoms with E-state index in [4.69, 9.17) is 26.4 Å². The van der Waals surface area contributed by atoms with Gasteiger partial charge in [0.1, 0.15) is 0 Å². The van der Waals surface area contributed by atoms with Crippen molar-refractivity contribution in [2.75, 3.05) is 27.1 Å². The lowest BCUT2D eigenvalue weighted by Crippen LogP contribution is -2.26. The lowest BCUT2D eigenvalue weighted by atomic mass is 10.2. The Morgan fingerprint density at radius 2 is 2.12 bits per heavy atom. The number of nitrogens with zero attached hydrogens (tertiary/aromatic N) is 1. The van der Waals surface area contributed by atoms with Crippen molar-refractivity contribution in [2.24, 2.45) is 0 Å². The Bertz CT molecular complexity index is 921. The molecule has 0 saturated carbocycles. The van der Waals surface area contributed by atoms with Crippen molar-refractivity contribution in [1.82, 2.24) is 14.9 Å². The van der Waals surface area contributed by atoms with E-state index in [-0.39, 0.29) is 18.3 Å². The van der Waals surface area contributed by atoms with Gasteiger partial charge in [0, 0.05) is 39.3 Å². The Morgan fingerprint density at radius 3 is 2.88 bits per heavy atom. The molecule has 9 heteroatoms. The summed E-state index contributed by atoms with van der Waals surface area (Å²) in [6, 6.07) is 3.37. The average molecular weight is 379 g/mol. The van der Waals surface area contributed by atoms with Gasteiger partial charge in [0.15, 0.2) is 16.3 Å². The van der Waals surface area contributed by atoms with E-state index in [0.29, 0.717) is 59.7 Å². The van der Waals surface area contributed by atoms with Gasteiger partial charge in [-0.3, -0.25) is 14.2 Å². The molecule has 3 rings (SSSR count). The second kappa shape index (κ2) is 8.33. The Morgan fingerprint density at radius 1 is 1.35 bits per heavy atom. The second-order valence-electron chi connectivity index (χ2n) is 5.94. The number of nitrogens with one attached hydrogen (secondary N) is 2. The zero-order valence-corrected chi connectivity index (χ0v) is 15.3. The van der Waals surface area contributed by atoms with Crippen LogP contribution < -0.4 is 20.3 Å². The number of carbonyl (C=O) groups excluding carboxylic acids is 1. The summed E-state index contributed by atoms with van der Waals surface area (Å²) in [5.74, 6) is 1.08. The molecule has 8 nitrogen and oxygen atoms in total. The fraction of sp³-hybridized carbons (Fsp3) is 0.471. The molecule has 1 aliphatic rings. The van der Waals surface area contributed by atoms with Crippen molar-refractivity contribution in [3.8, 4) is 11.5 Å². The van der Waals surface area contributed by atoms with Crippen molar-refractivity contribution >= 4 is 29.0 Å². The molecule has 140 valence electrons. The van der Waals surface area contributed by atoms with Crippen LogP contribution in [0.4, 0.5) is 0 Å². The number of methoxy groups -OCH3 is 1.